The minimum atomic E-state index is -3.69. The summed E-state index contributed by atoms with van der Waals surface area (Å²) in [6.07, 6.45) is 1.09. The molecule has 1 amide bonds. The van der Waals surface area contributed by atoms with E-state index in [9.17, 15) is 13.2 Å². The van der Waals surface area contributed by atoms with Crippen LogP contribution in [-0.2, 0) is 20.6 Å². The van der Waals surface area contributed by atoms with Crippen LogP contribution in [0.25, 0.3) is 0 Å². The summed E-state index contributed by atoms with van der Waals surface area (Å²) in [5.41, 5.74) is 1.59. The summed E-state index contributed by atoms with van der Waals surface area (Å²) in [5, 5.41) is 2.83. The van der Waals surface area contributed by atoms with Gasteiger partial charge in [0.25, 0.3) is 0 Å². The van der Waals surface area contributed by atoms with E-state index in [1.807, 2.05) is 18.2 Å². The molecule has 9 heteroatoms. The third kappa shape index (κ3) is 5.82. The van der Waals surface area contributed by atoms with E-state index in [4.69, 9.17) is 9.47 Å². The number of fused-ring (bicyclic) bond motifs is 1. The zero-order valence-electron chi connectivity index (χ0n) is 17.0. The van der Waals surface area contributed by atoms with E-state index in [1.54, 1.807) is 36.9 Å². The van der Waals surface area contributed by atoms with Gasteiger partial charge < -0.3 is 14.8 Å². The highest BCUT2D eigenvalue weighted by Gasteiger charge is 2.30. The van der Waals surface area contributed by atoms with Crippen molar-refractivity contribution in [3.63, 3.8) is 0 Å². The van der Waals surface area contributed by atoms with Gasteiger partial charge in [-0.15, -0.1) is 0 Å². The van der Waals surface area contributed by atoms with Crippen LogP contribution in [0.4, 0.5) is 5.69 Å². The SMILES string of the molecule is C[C@@H](C(=O)NCCSCc1ccccc1)N(c1ccc2c(c1)OCCO2)S(C)(=O)=O. The number of benzene rings is 2. The molecule has 0 fully saturated rings. The number of sulfonamides is 1. The number of hydrogen-bond donors (Lipinski definition) is 1. The average molecular weight is 451 g/mol. The fourth-order valence-electron chi connectivity index (χ4n) is 3.14. The van der Waals surface area contributed by atoms with Crippen molar-refractivity contribution in [1.29, 1.82) is 0 Å². The number of carbonyl (C=O) groups excluding carboxylic acids is 1. The molecule has 7 nitrogen and oxygen atoms in total. The fourth-order valence-corrected chi connectivity index (χ4v) is 5.12. The molecule has 0 aromatic heterocycles. The standard InChI is InChI=1S/C21H26N2O5S2/c1-16(21(24)22-10-13-29-15-17-6-4-3-5-7-17)23(30(2,25)26)18-8-9-19-20(14-18)28-12-11-27-19/h3-9,14,16H,10-13,15H2,1-2H3,(H,22,24)/t16-/m0/s1. The Bertz CT molecular complexity index is 967. The van der Waals surface area contributed by atoms with Gasteiger partial charge in [0.2, 0.25) is 15.9 Å². The molecule has 0 saturated carbocycles. The van der Waals surface area contributed by atoms with Crippen molar-refractivity contribution in [3.8, 4) is 11.5 Å². The van der Waals surface area contributed by atoms with Gasteiger partial charge in [0, 0.05) is 24.1 Å². The maximum absolute atomic E-state index is 12.6. The first-order valence-electron chi connectivity index (χ1n) is 9.64. The lowest BCUT2D eigenvalue weighted by molar-refractivity contribution is -0.121. The van der Waals surface area contributed by atoms with E-state index < -0.39 is 16.1 Å². The minimum absolute atomic E-state index is 0.351. The zero-order chi connectivity index (χ0) is 21.6. The first-order valence-corrected chi connectivity index (χ1v) is 12.6. The summed E-state index contributed by atoms with van der Waals surface area (Å²) in [5.74, 6) is 2.27. The summed E-state index contributed by atoms with van der Waals surface area (Å²) in [6, 6.07) is 14.1. The van der Waals surface area contributed by atoms with Crippen molar-refractivity contribution >= 4 is 33.4 Å². The summed E-state index contributed by atoms with van der Waals surface area (Å²) >= 11 is 1.71. The van der Waals surface area contributed by atoms with Crippen LogP contribution in [0.3, 0.4) is 0 Å². The second-order valence-electron chi connectivity index (χ2n) is 6.89. The highest BCUT2D eigenvalue weighted by molar-refractivity contribution is 7.98. The van der Waals surface area contributed by atoms with Gasteiger partial charge in [-0.3, -0.25) is 9.10 Å². The number of rotatable bonds is 9. The van der Waals surface area contributed by atoms with E-state index in [0.717, 1.165) is 22.1 Å². The first-order chi connectivity index (χ1) is 14.4. The molecule has 1 atom stereocenters. The number of ether oxygens (including phenoxy) is 2. The Morgan fingerprint density at radius 2 is 1.83 bits per heavy atom. The summed E-state index contributed by atoms with van der Waals surface area (Å²) < 4.78 is 37.0. The molecule has 0 spiro atoms. The topological polar surface area (TPSA) is 84.9 Å². The van der Waals surface area contributed by atoms with Gasteiger partial charge in [0.05, 0.1) is 11.9 Å². The molecule has 1 heterocycles. The molecule has 0 unspecified atom stereocenters. The minimum Gasteiger partial charge on any atom is -0.486 e. The van der Waals surface area contributed by atoms with E-state index >= 15 is 0 Å². The predicted molar refractivity (Wildman–Crippen MR) is 120 cm³/mol. The Balaban J connectivity index is 1.59. The summed E-state index contributed by atoms with van der Waals surface area (Å²) in [6.45, 7) is 2.87. The van der Waals surface area contributed by atoms with Gasteiger partial charge in [0.1, 0.15) is 19.3 Å². The highest BCUT2D eigenvalue weighted by Crippen LogP contribution is 2.35. The molecule has 0 radical (unpaired) electrons. The lowest BCUT2D eigenvalue weighted by atomic mass is 10.2. The second kappa shape index (κ2) is 10.1. The molecule has 2 aromatic rings. The van der Waals surface area contributed by atoms with Crippen LogP contribution in [0.5, 0.6) is 11.5 Å². The largest absolute Gasteiger partial charge is 0.486 e. The normalized spacial score (nSPS) is 14.1. The van der Waals surface area contributed by atoms with Gasteiger partial charge in [-0.2, -0.15) is 11.8 Å². The zero-order valence-corrected chi connectivity index (χ0v) is 18.7. The molecule has 30 heavy (non-hydrogen) atoms. The number of nitrogens with zero attached hydrogens (tertiary/aromatic N) is 1. The third-order valence-electron chi connectivity index (χ3n) is 4.53. The molecule has 0 bridgehead atoms. The lowest BCUT2D eigenvalue weighted by Gasteiger charge is -2.29. The van der Waals surface area contributed by atoms with Crippen LogP contribution >= 0.6 is 11.8 Å². The van der Waals surface area contributed by atoms with Crippen LogP contribution < -0.4 is 19.1 Å². The van der Waals surface area contributed by atoms with Gasteiger partial charge >= 0.3 is 0 Å². The lowest BCUT2D eigenvalue weighted by Crippen LogP contribution is -2.48. The fraction of sp³-hybridized carbons (Fsp3) is 0.381. The molecule has 1 aliphatic heterocycles. The van der Waals surface area contributed by atoms with Crippen molar-refractivity contribution in [2.45, 2.75) is 18.7 Å². The van der Waals surface area contributed by atoms with Crippen LogP contribution in [0, 0.1) is 0 Å². The Morgan fingerprint density at radius 1 is 1.13 bits per heavy atom. The molecular formula is C21H26N2O5S2. The number of hydrogen-bond acceptors (Lipinski definition) is 6. The number of anilines is 1. The molecular weight excluding hydrogens is 424 g/mol. The monoisotopic (exact) mass is 450 g/mol. The predicted octanol–water partition coefficient (Wildman–Crippen LogP) is 2.66. The van der Waals surface area contributed by atoms with Crippen LogP contribution in [0.15, 0.2) is 48.5 Å². The van der Waals surface area contributed by atoms with Gasteiger partial charge in [-0.25, -0.2) is 8.42 Å². The smallest absolute Gasteiger partial charge is 0.243 e. The molecule has 1 aliphatic rings. The van der Waals surface area contributed by atoms with Gasteiger partial charge in [-0.05, 0) is 24.6 Å². The molecule has 2 aromatic carbocycles. The molecule has 0 saturated heterocycles. The van der Waals surface area contributed by atoms with Crippen molar-refractivity contribution in [2.75, 3.05) is 36.1 Å². The van der Waals surface area contributed by atoms with E-state index in [-0.39, 0.29) is 5.91 Å². The van der Waals surface area contributed by atoms with Gasteiger partial charge in [-0.1, -0.05) is 30.3 Å². The quantitative estimate of drug-likeness (QED) is 0.592. The average Bonchev–Trinajstić information content (AvgIpc) is 2.73. The second-order valence-corrected chi connectivity index (χ2v) is 9.86. The maximum atomic E-state index is 12.6. The van der Waals surface area contributed by atoms with Crippen LogP contribution in [0.1, 0.15) is 12.5 Å². The number of nitrogens with one attached hydrogen (secondary N) is 1. The Kier molecular flexibility index (Phi) is 7.49. The highest BCUT2D eigenvalue weighted by atomic mass is 32.2. The summed E-state index contributed by atoms with van der Waals surface area (Å²) in [4.78, 5) is 12.6. The number of thioether (sulfide) groups is 1. The van der Waals surface area contributed by atoms with E-state index in [0.29, 0.717) is 36.9 Å². The first kappa shape index (κ1) is 22.3. The molecule has 3 rings (SSSR count). The van der Waals surface area contributed by atoms with Gasteiger partial charge in [0.15, 0.2) is 11.5 Å². The van der Waals surface area contributed by atoms with Crippen molar-refractivity contribution in [1.82, 2.24) is 5.32 Å². The van der Waals surface area contributed by atoms with Crippen molar-refractivity contribution in [2.24, 2.45) is 0 Å². The van der Waals surface area contributed by atoms with E-state index in [1.165, 1.54) is 5.56 Å². The molecule has 1 N–H and O–H groups in total. The molecule has 0 aliphatic carbocycles. The summed E-state index contributed by atoms with van der Waals surface area (Å²) in [7, 11) is -3.69. The van der Waals surface area contributed by atoms with Crippen molar-refractivity contribution in [3.05, 3.63) is 54.1 Å². The Labute approximate surface area is 181 Å². The Hall–Kier alpha value is -2.39. The molecule has 162 valence electrons. The number of carbonyl (C=O) groups is 1. The van der Waals surface area contributed by atoms with E-state index in [2.05, 4.69) is 17.4 Å². The third-order valence-corrected chi connectivity index (χ3v) is 6.80. The number of amides is 1. The maximum Gasteiger partial charge on any atom is 0.243 e. The Morgan fingerprint density at radius 3 is 2.53 bits per heavy atom. The van der Waals surface area contributed by atoms with Crippen LogP contribution in [0.2, 0.25) is 0 Å². The van der Waals surface area contributed by atoms with Crippen LogP contribution in [-0.4, -0.2) is 52.1 Å². The van der Waals surface area contributed by atoms with Crippen molar-refractivity contribution < 1.29 is 22.7 Å².